The highest BCUT2D eigenvalue weighted by atomic mass is 16.2. The first-order valence-corrected chi connectivity index (χ1v) is 9.36. The van der Waals surface area contributed by atoms with E-state index < -0.39 is 0 Å². The molecule has 0 atom stereocenters. The van der Waals surface area contributed by atoms with Crippen molar-refractivity contribution in [3.63, 3.8) is 0 Å². The first kappa shape index (κ1) is 19.7. The average molecular weight is 356 g/mol. The van der Waals surface area contributed by atoms with Crippen molar-refractivity contribution in [3.05, 3.63) is 52.8 Å². The van der Waals surface area contributed by atoms with Crippen LogP contribution in [0.3, 0.4) is 0 Å². The predicted octanol–water partition coefficient (Wildman–Crippen LogP) is 3.18. The summed E-state index contributed by atoms with van der Waals surface area (Å²) >= 11 is 0. The Morgan fingerprint density at radius 2 is 1.69 bits per heavy atom. The third-order valence-corrected chi connectivity index (χ3v) is 4.08. The molecule has 6 nitrogen and oxygen atoms in total. The summed E-state index contributed by atoms with van der Waals surface area (Å²) in [5.41, 5.74) is 1.72. The zero-order valence-electron chi connectivity index (χ0n) is 15.4. The van der Waals surface area contributed by atoms with Gasteiger partial charge < -0.3 is 10.6 Å². The second kappa shape index (κ2) is 11.1. The lowest BCUT2D eigenvalue weighted by atomic mass is 10.1. The van der Waals surface area contributed by atoms with Crippen LogP contribution in [0.25, 0.3) is 11.3 Å². The van der Waals surface area contributed by atoms with Gasteiger partial charge in [-0.15, -0.1) is 0 Å². The molecule has 2 N–H and O–H groups in total. The minimum atomic E-state index is -0.105. The number of unbranched alkanes of at least 4 members (excludes halogenated alkanes) is 3. The molecule has 2 rings (SSSR count). The third-order valence-electron chi connectivity index (χ3n) is 4.08. The fourth-order valence-electron chi connectivity index (χ4n) is 2.58. The van der Waals surface area contributed by atoms with Gasteiger partial charge in [-0.1, -0.05) is 43.7 Å². The molecule has 0 saturated heterocycles. The highest BCUT2D eigenvalue weighted by Gasteiger charge is 2.03. The van der Waals surface area contributed by atoms with Crippen molar-refractivity contribution in [2.75, 3.05) is 13.1 Å². The normalized spacial score (nSPS) is 10.5. The number of nitrogens with zero attached hydrogens (tertiary/aromatic N) is 2. The maximum absolute atomic E-state index is 12.0. The van der Waals surface area contributed by atoms with E-state index in [9.17, 15) is 9.59 Å². The molecule has 0 spiro atoms. The van der Waals surface area contributed by atoms with Crippen molar-refractivity contribution in [3.8, 4) is 11.3 Å². The molecule has 1 aromatic heterocycles. The van der Waals surface area contributed by atoms with E-state index >= 15 is 0 Å². The summed E-state index contributed by atoms with van der Waals surface area (Å²) < 4.78 is 1.52. The Kier molecular flexibility index (Phi) is 8.39. The van der Waals surface area contributed by atoms with Crippen LogP contribution in [0.15, 0.2) is 47.3 Å². The molecule has 2 aromatic rings. The number of hydrogen-bond acceptors (Lipinski definition) is 3. The number of benzene rings is 1. The Hall–Kier alpha value is -2.63. The van der Waals surface area contributed by atoms with Crippen molar-refractivity contribution >= 4 is 6.03 Å². The largest absolute Gasteiger partial charge is 0.338 e. The monoisotopic (exact) mass is 356 g/mol. The van der Waals surface area contributed by atoms with E-state index in [0.717, 1.165) is 43.4 Å². The first-order chi connectivity index (χ1) is 12.7. The Balaban J connectivity index is 1.71. The smallest absolute Gasteiger partial charge is 0.314 e. The maximum atomic E-state index is 12.0. The topological polar surface area (TPSA) is 76.0 Å². The van der Waals surface area contributed by atoms with Gasteiger partial charge in [-0.05, 0) is 31.7 Å². The van der Waals surface area contributed by atoms with Crippen LogP contribution >= 0.6 is 0 Å². The predicted molar refractivity (Wildman–Crippen MR) is 104 cm³/mol. The number of nitrogens with one attached hydrogen (secondary N) is 2. The molecule has 0 aliphatic rings. The van der Waals surface area contributed by atoms with Gasteiger partial charge in [0, 0.05) is 31.3 Å². The van der Waals surface area contributed by atoms with Gasteiger partial charge in [-0.2, -0.15) is 5.10 Å². The lowest BCUT2D eigenvalue weighted by molar-refractivity contribution is 0.240. The second-order valence-corrected chi connectivity index (χ2v) is 6.24. The summed E-state index contributed by atoms with van der Waals surface area (Å²) in [7, 11) is 0. The number of aryl methyl sites for hydroxylation is 1. The molecule has 0 bridgehead atoms. The van der Waals surface area contributed by atoms with Gasteiger partial charge >= 0.3 is 6.03 Å². The number of carbonyl (C=O) groups is 1. The summed E-state index contributed by atoms with van der Waals surface area (Å²) in [6.07, 6.45) is 4.73. The number of carbonyl (C=O) groups excluding carboxylic acids is 1. The minimum absolute atomic E-state index is 0.0851. The van der Waals surface area contributed by atoms with Crippen molar-refractivity contribution in [1.82, 2.24) is 20.4 Å². The van der Waals surface area contributed by atoms with Crippen LogP contribution < -0.4 is 16.2 Å². The highest BCUT2D eigenvalue weighted by Crippen LogP contribution is 2.14. The summed E-state index contributed by atoms with van der Waals surface area (Å²) in [5.74, 6) is 0. The standard InChI is InChI=1S/C20H28N4O2/c1-2-3-14-21-20(26)22-15-8-5-9-16-24-19(25)13-12-18(23-24)17-10-6-4-7-11-17/h4,6-7,10-13H,2-3,5,8-9,14-16H2,1H3,(H2,21,22,26). The van der Waals surface area contributed by atoms with Crippen LogP contribution in [0, 0.1) is 0 Å². The number of aromatic nitrogens is 2. The molecular formula is C20H28N4O2. The van der Waals surface area contributed by atoms with E-state index in [-0.39, 0.29) is 11.6 Å². The Labute approximate surface area is 154 Å². The molecular weight excluding hydrogens is 328 g/mol. The minimum Gasteiger partial charge on any atom is -0.338 e. The van der Waals surface area contributed by atoms with Gasteiger partial charge in [0.05, 0.1) is 5.69 Å². The van der Waals surface area contributed by atoms with E-state index in [2.05, 4.69) is 22.7 Å². The average Bonchev–Trinajstić information content (AvgIpc) is 2.66. The molecule has 1 aromatic carbocycles. The molecule has 0 aliphatic carbocycles. The van der Waals surface area contributed by atoms with E-state index in [1.54, 1.807) is 12.1 Å². The van der Waals surface area contributed by atoms with E-state index in [4.69, 9.17) is 0 Å². The number of rotatable bonds is 10. The van der Waals surface area contributed by atoms with Gasteiger partial charge in [0.1, 0.15) is 0 Å². The van der Waals surface area contributed by atoms with Crippen molar-refractivity contribution in [2.45, 2.75) is 45.6 Å². The maximum Gasteiger partial charge on any atom is 0.314 e. The molecule has 0 aliphatic heterocycles. The van der Waals surface area contributed by atoms with Crippen LogP contribution in [-0.4, -0.2) is 28.9 Å². The van der Waals surface area contributed by atoms with Gasteiger partial charge in [0.15, 0.2) is 0 Å². The van der Waals surface area contributed by atoms with Crippen molar-refractivity contribution < 1.29 is 4.79 Å². The Morgan fingerprint density at radius 3 is 2.42 bits per heavy atom. The van der Waals surface area contributed by atoms with E-state index in [0.29, 0.717) is 19.6 Å². The van der Waals surface area contributed by atoms with Crippen LogP contribution in [0.5, 0.6) is 0 Å². The fourth-order valence-corrected chi connectivity index (χ4v) is 2.58. The molecule has 1 heterocycles. The van der Waals surface area contributed by atoms with Crippen molar-refractivity contribution in [2.24, 2.45) is 0 Å². The lowest BCUT2D eigenvalue weighted by Crippen LogP contribution is -2.36. The molecule has 0 saturated carbocycles. The summed E-state index contributed by atoms with van der Waals surface area (Å²) in [6, 6.07) is 13.1. The molecule has 2 amide bonds. The second-order valence-electron chi connectivity index (χ2n) is 6.24. The van der Waals surface area contributed by atoms with Crippen LogP contribution in [0.1, 0.15) is 39.0 Å². The summed E-state index contributed by atoms with van der Waals surface area (Å²) in [5, 5.41) is 10.1. The molecule has 140 valence electrons. The van der Waals surface area contributed by atoms with Gasteiger partial charge in [0.25, 0.3) is 5.56 Å². The van der Waals surface area contributed by atoms with Crippen LogP contribution in [0.4, 0.5) is 4.79 Å². The number of urea groups is 1. The Bertz CT molecular complexity index is 728. The highest BCUT2D eigenvalue weighted by molar-refractivity contribution is 5.73. The summed E-state index contributed by atoms with van der Waals surface area (Å²) in [6.45, 7) is 4.04. The fraction of sp³-hybridized carbons (Fsp3) is 0.450. The SMILES string of the molecule is CCCCNC(=O)NCCCCCn1nc(-c2ccccc2)ccc1=O. The number of amides is 2. The zero-order valence-corrected chi connectivity index (χ0v) is 15.4. The van der Waals surface area contributed by atoms with Crippen LogP contribution in [-0.2, 0) is 6.54 Å². The molecule has 6 heteroatoms. The third kappa shape index (κ3) is 6.70. The molecule has 0 radical (unpaired) electrons. The first-order valence-electron chi connectivity index (χ1n) is 9.36. The van der Waals surface area contributed by atoms with Gasteiger partial charge in [-0.25, -0.2) is 9.48 Å². The molecule has 26 heavy (non-hydrogen) atoms. The lowest BCUT2D eigenvalue weighted by Gasteiger charge is -2.08. The Morgan fingerprint density at radius 1 is 0.962 bits per heavy atom. The summed E-state index contributed by atoms with van der Waals surface area (Å²) in [4.78, 5) is 23.5. The zero-order chi connectivity index (χ0) is 18.6. The van der Waals surface area contributed by atoms with E-state index in [1.165, 1.54) is 4.68 Å². The number of hydrogen-bond donors (Lipinski definition) is 2. The van der Waals surface area contributed by atoms with Crippen molar-refractivity contribution in [1.29, 1.82) is 0 Å². The molecule has 0 fully saturated rings. The van der Waals surface area contributed by atoms with Gasteiger partial charge in [-0.3, -0.25) is 4.79 Å². The van der Waals surface area contributed by atoms with Gasteiger partial charge in [0.2, 0.25) is 0 Å². The van der Waals surface area contributed by atoms with E-state index in [1.807, 2.05) is 30.3 Å². The van der Waals surface area contributed by atoms with Crippen LogP contribution in [0.2, 0.25) is 0 Å². The molecule has 0 unspecified atom stereocenters. The quantitative estimate of drug-likeness (QED) is 0.642.